The molecule has 5 heteroatoms. The zero-order chi connectivity index (χ0) is 16.5. The molecule has 1 fully saturated rings. The molecule has 1 aromatic rings. The second kappa shape index (κ2) is 8.87. The van der Waals surface area contributed by atoms with Crippen LogP contribution in [-0.2, 0) is 0 Å². The smallest absolute Gasteiger partial charge is 0.257 e. The quantitative estimate of drug-likeness (QED) is 0.545. The Bertz CT molecular complexity index is 470. The molecule has 1 aliphatic rings. The zero-order valence-electron chi connectivity index (χ0n) is 14.2. The van der Waals surface area contributed by atoms with Crippen molar-refractivity contribution < 1.29 is 14.4 Å². The summed E-state index contributed by atoms with van der Waals surface area (Å²) in [6.07, 6.45) is 9.75. The molecule has 0 spiro atoms. The summed E-state index contributed by atoms with van der Waals surface area (Å²) in [5.41, 5.74) is 1.12. The summed E-state index contributed by atoms with van der Waals surface area (Å²) < 4.78 is 0.120. The van der Waals surface area contributed by atoms with Crippen molar-refractivity contribution in [2.24, 2.45) is 0 Å². The fraction of sp³-hybridized carbons (Fsp3) is 0.667. The van der Waals surface area contributed by atoms with E-state index in [2.05, 4.69) is 16.8 Å². The van der Waals surface area contributed by atoms with Gasteiger partial charge in [-0.15, -0.1) is 0 Å². The van der Waals surface area contributed by atoms with Gasteiger partial charge in [-0.25, -0.2) is 0 Å². The molecule has 1 aliphatic heterocycles. The Morgan fingerprint density at radius 1 is 1.13 bits per heavy atom. The number of nitrogens with zero attached hydrogens (tertiary/aromatic N) is 3. The number of amides is 1. The van der Waals surface area contributed by atoms with Crippen molar-refractivity contribution in [3.63, 3.8) is 0 Å². The number of quaternary nitrogens is 1. The standard InChI is InChI=1S/C18H29N3O2/c1-2-3-4-5-6-7-14-21(18(22)23)15-12-20(13-16-21)17-8-10-19-11-9-17/h8-11H,2-7,12-16H2,1H3. The van der Waals surface area contributed by atoms with Crippen LogP contribution in [-0.4, -0.2) is 48.3 Å². The van der Waals surface area contributed by atoms with Crippen molar-refractivity contribution in [3.05, 3.63) is 24.5 Å². The number of rotatable bonds is 8. The first kappa shape index (κ1) is 17.7. The number of piperazine rings is 1. The minimum Gasteiger partial charge on any atom is -0.498 e. The number of carbonyl (C=O) groups excluding carboxylic acids is 1. The Kier molecular flexibility index (Phi) is 6.84. The molecule has 0 radical (unpaired) electrons. The molecule has 2 rings (SSSR count). The van der Waals surface area contributed by atoms with E-state index in [9.17, 15) is 9.90 Å². The van der Waals surface area contributed by atoms with Gasteiger partial charge in [-0.3, -0.25) is 9.47 Å². The second-order valence-corrected chi connectivity index (χ2v) is 6.54. The first-order valence-corrected chi connectivity index (χ1v) is 8.90. The summed E-state index contributed by atoms with van der Waals surface area (Å²) in [4.78, 5) is 18.0. The maximum Gasteiger partial charge on any atom is 0.257 e. The number of aromatic nitrogens is 1. The predicted octanol–water partition coefficient (Wildman–Crippen LogP) is 2.42. The minimum absolute atomic E-state index is 0.120. The van der Waals surface area contributed by atoms with Gasteiger partial charge in [0.25, 0.3) is 6.09 Å². The van der Waals surface area contributed by atoms with Gasteiger partial charge in [0.05, 0.1) is 19.6 Å². The Balaban J connectivity index is 1.82. The highest BCUT2D eigenvalue weighted by Gasteiger charge is 2.34. The van der Waals surface area contributed by atoms with E-state index in [0.29, 0.717) is 19.6 Å². The topological polar surface area (TPSA) is 56.3 Å². The first-order chi connectivity index (χ1) is 11.2. The molecule has 0 aromatic carbocycles. The Labute approximate surface area is 139 Å². The van der Waals surface area contributed by atoms with Gasteiger partial charge in [-0.05, 0) is 25.0 Å². The number of anilines is 1. The van der Waals surface area contributed by atoms with Crippen molar-refractivity contribution in [1.29, 1.82) is 0 Å². The summed E-state index contributed by atoms with van der Waals surface area (Å²) in [7, 11) is 0. The summed E-state index contributed by atoms with van der Waals surface area (Å²) >= 11 is 0. The normalized spacial score (nSPS) is 17.2. The number of pyridine rings is 1. The van der Waals surface area contributed by atoms with Crippen molar-refractivity contribution in [1.82, 2.24) is 4.98 Å². The molecule has 0 unspecified atom stereocenters. The van der Waals surface area contributed by atoms with Crippen LogP contribution in [0.3, 0.4) is 0 Å². The molecule has 128 valence electrons. The van der Waals surface area contributed by atoms with Crippen LogP contribution in [0.25, 0.3) is 0 Å². The van der Waals surface area contributed by atoms with Crippen LogP contribution < -0.4 is 10.0 Å². The number of hydrogen-bond donors (Lipinski definition) is 0. The van der Waals surface area contributed by atoms with Crippen LogP contribution >= 0.6 is 0 Å². The fourth-order valence-corrected chi connectivity index (χ4v) is 3.35. The first-order valence-electron chi connectivity index (χ1n) is 8.90. The van der Waals surface area contributed by atoms with Crippen molar-refractivity contribution in [2.75, 3.05) is 37.6 Å². The van der Waals surface area contributed by atoms with Crippen LogP contribution in [0.2, 0.25) is 0 Å². The fourth-order valence-electron chi connectivity index (χ4n) is 3.35. The highest BCUT2D eigenvalue weighted by atomic mass is 16.4. The maximum atomic E-state index is 11.7. The summed E-state index contributed by atoms with van der Waals surface area (Å²) in [5.74, 6) is 0. The minimum atomic E-state index is -0.909. The van der Waals surface area contributed by atoms with Crippen LogP contribution in [0, 0.1) is 0 Å². The van der Waals surface area contributed by atoms with Gasteiger partial charge in [0.2, 0.25) is 0 Å². The monoisotopic (exact) mass is 319 g/mol. The molecule has 0 aliphatic carbocycles. The average Bonchev–Trinajstić information content (AvgIpc) is 2.59. The Morgan fingerprint density at radius 2 is 1.74 bits per heavy atom. The number of carboxylic acid groups (broad SMARTS) is 1. The maximum absolute atomic E-state index is 11.7. The predicted molar refractivity (Wildman–Crippen MR) is 90.1 cm³/mol. The van der Waals surface area contributed by atoms with Gasteiger partial charge in [0.15, 0.2) is 0 Å². The van der Waals surface area contributed by atoms with E-state index < -0.39 is 6.09 Å². The van der Waals surface area contributed by atoms with Gasteiger partial charge < -0.3 is 14.8 Å². The molecular weight excluding hydrogens is 290 g/mol. The molecular formula is C18H29N3O2. The van der Waals surface area contributed by atoms with E-state index >= 15 is 0 Å². The van der Waals surface area contributed by atoms with Gasteiger partial charge in [0.1, 0.15) is 13.1 Å². The largest absolute Gasteiger partial charge is 0.498 e. The zero-order valence-corrected chi connectivity index (χ0v) is 14.2. The molecule has 23 heavy (non-hydrogen) atoms. The van der Waals surface area contributed by atoms with E-state index in [1.54, 1.807) is 12.4 Å². The van der Waals surface area contributed by atoms with Crippen LogP contribution in [0.4, 0.5) is 10.5 Å². The molecule has 1 amide bonds. The van der Waals surface area contributed by atoms with Gasteiger partial charge >= 0.3 is 0 Å². The second-order valence-electron chi connectivity index (χ2n) is 6.54. The van der Waals surface area contributed by atoms with E-state index in [1.807, 2.05) is 12.1 Å². The lowest BCUT2D eigenvalue weighted by atomic mass is 10.1. The van der Waals surface area contributed by atoms with Gasteiger partial charge in [0, 0.05) is 18.1 Å². The third kappa shape index (κ3) is 4.93. The van der Waals surface area contributed by atoms with Gasteiger partial charge in [-0.1, -0.05) is 32.6 Å². The highest BCUT2D eigenvalue weighted by molar-refractivity contribution is 5.55. The number of carbonyl (C=O) groups is 1. The van der Waals surface area contributed by atoms with Crippen molar-refractivity contribution >= 4 is 11.8 Å². The van der Waals surface area contributed by atoms with Crippen molar-refractivity contribution in [3.8, 4) is 0 Å². The molecule has 0 atom stereocenters. The lowest BCUT2D eigenvalue weighted by Gasteiger charge is -2.44. The molecule has 5 nitrogen and oxygen atoms in total. The molecule has 2 heterocycles. The molecule has 0 bridgehead atoms. The Morgan fingerprint density at radius 3 is 2.35 bits per heavy atom. The summed E-state index contributed by atoms with van der Waals surface area (Å²) in [6.45, 7) is 5.68. The molecule has 0 saturated carbocycles. The number of unbranched alkanes of at least 4 members (excludes halogenated alkanes) is 5. The van der Waals surface area contributed by atoms with Crippen LogP contribution in [0.1, 0.15) is 45.4 Å². The summed E-state index contributed by atoms with van der Waals surface area (Å²) in [5, 5.41) is 11.7. The van der Waals surface area contributed by atoms with Crippen LogP contribution in [0.5, 0.6) is 0 Å². The SMILES string of the molecule is CCCCCCCC[N+]1(C(=O)[O-])CCN(c2ccncc2)CC1. The molecule has 1 saturated heterocycles. The van der Waals surface area contributed by atoms with Gasteiger partial charge in [-0.2, -0.15) is 0 Å². The van der Waals surface area contributed by atoms with E-state index in [1.165, 1.54) is 25.7 Å². The van der Waals surface area contributed by atoms with E-state index in [-0.39, 0.29) is 4.48 Å². The van der Waals surface area contributed by atoms with E-state index in [4.69, 9.17) is 0 Å². The third-order valence-electron chi connectivity index (χ3n) is 4.95. The molecule has 0 N–H and O–H groups in total. The average molecular weight is 319 g/mol. The number of hydrogen-bond acceptors (Lipinski definition) is 4. The summed E-state index contributed by atoms with van der Waals surface area (Å²) in [6, 6.07) is 3.96. The van der Waals surface area contributed by atoms with Crippen LogP contribution in [0.15, 0.2) is 24.5 Å². The third-order valence-corrected chi connectivity index (χ3v) is 4.95. The van der Waals surface area contributed by atoms with E-state index in [0.717, 1.165) is 31.6 Å². The lowest BCUT2D eigenvalue weighted by molar-refractivity contribution is -0.877. The Hall–Kier alpha value is -1.62. The highest BCUT2D eigenvalue weighted by Crippen LogP contribution is 2.20. The van der Waals surface area contributed by atoms with Crippen molar-refractivity contribution in [2.45, 2.75) is 45.4 Å². The molecule has 1 aromatic heterocycles. The lowest BCUT2D eigenvalue weighted by Crippen LogP contribution is -2.66.